The number of likely N-dealkylation sites (tertiary alicyclic amines) is 1. The smallest absolute Gasteiger partial charge is 0.289 e. The fraction of sp³-hybridized carbons (Fsp3) is 0.318. The molecule has 1 aliphatic rings. The second-order valence-electron chi connectivity index (χ2n) is 7.47. The third-order valence-corrected chi connectivity index (χ3v) is 5.90. The van der Waals surface area contributed by atoms with Crippen LogP contribution in [0.1, 0.15) is 34.5 Å². The fourth-order valence-corrected chi connectivity index (χ4v) is 4.02. The Morgan fingerprint density at radius 3 is 2.62 bits per heavy atom. The van der Waals surface area contributed by atoms with Crippen LogP contribution >= 0.6 is 15.9 Å². The minimum atomic E-state index is -0.130. The molecule has 1 aliphatic heterocycles. The predicted octanol–water partition coefficient (Wildman–Crippen LogP) is 4.70. The van der Waals surface area contributed by atoms with Crippen molar-refractivity contribution < 1.29 is 14.0 Å². The van der Waals surface area contributed by atoms with E-state index in [4.69, 9.17) is 4.42 Å². The lowest BCUT2D eigenvalue weighted by atomic mass is 9.95. The number of piperidine rings is 1. The molecule has 6 nitrogen and oxygen atoms in total. The van der Waals surface area contributed by atoms with Crippen LogP contribution in [-0.4, -0.2) is 34.8 Å². The Morgan fingerprint density at radius 1 is 1.17 bits per heavy atom. The van der Waals surface area contributed by atoms with Crippen LogP contribution < -0.4 is 5.32 Å². The SMILES string of the molecule is Cc1ccc(NC(=O)C2CCN(C(=O)c3oc4ccc(Br)cc4c3C)CC2)nc1. The van der Waals surface area contributed by atoms with Crippen LogP contribution in [0.2, 0.25) is 0 Å². The van der Waals surface area contributed by atoms with Crippen molar-refractivity contribution in [2.75, 3.05) is 18.4 Å². The molecule has 1 saturated heterocycles. The number of pyridine rings is 1. The van der Waals surface area contributed by atoms with E-state index >= 15 is 0 Å². The molecule has 3 heterocycles. The van der Waals surface area contributed by atoms with Gasteiger partial charge in [0.15, 0.2) is 5.76 Å². The number of hydrogen-bond donors (Lipinski definition) is 1. The van der Waals surface area contributed by atoms with Crippen molar-refractivity contribution in [2.45, 2.75) is 26.7 Å². The number of fused-ring (bicyclic) bond motifs is 1. The number of benzene rings is 1. The molecule has 0 spiro atoms. The summed E-state index contributed by atoms with van der Waals surface area (Å²) in [7, 11) is 0. The molecule has 0 bridgehead atoms. The highest BCUT2D eigenvalue weighted by molar-refractivity contribution is 9.10. The third-order valence-electron chi connectivity index (χ3n) is 5.41. The van der Waals surface area contributed by atoms with Gasteiger partial charge in [-0.25, -0.2) is 4.98 Å². The number of rotatable bonds is 3. The van der Waals surface area contributed by atoms with Crippen LogP contribution in [0.4, 0.5) is 5.82 Å². The molecule has 0 unspecified atom stereocenters. The van der Waals surface area contributed by atoms with Crippen LogP contribution in [0.25, 0.3) is 11.0 Å². The molecule has 1 aromatic carbocycles. The van der Waals surface area contributed by atoms with Gasteiger partial charge in [0.2, 0.25) is 5.91 Å². The van der Waals surface area contributed by atoms with Crippen molar-refractivity contribution in [1.82, 2.24) is 9.88 Å². The zero-order valence-electron chi connectivity index (χ0n) is 16.4. The highest BCUT2D eigenvalue weighted by Crippen LogP contribution is 2.30. The van der Waals surface area contributed by atoms with E-state index in [1.165, 1.54) is 0 Å². The van der Waals surface area contributed by atoms with Crippen molar-refractivity contribution in [1.29, 1.82) is 0 Å². The number of hydrogen-bond acceptors (Lipinski definition) is 4. The van der Waals surface area contributed by atoms with E-state index in [1.54, 1.807) is 17.2 Å². The summed E-state index contributed by atoms with van der Waals surface area (Å²) in [5.74, 6) is 0.648. The average molecular weight is 456 g/mol. The summed E-state index contributed by atoms with van der Waals surface area (Å²) in [5, 5.41) is 3.80. The summed E-state index contributed by atoms with van der Waals surface area (Å²) in [6.07, 6.45) is 2.97. The molecule has 2 aromatic heterocycles. The molecule has 0 saturated carbocycles. The largest absolute Gasteiger partial charge is 0.451 e. The molecule has 3 aromatic rings. The lowest BCUT2D eigenvalue weighted by molar-refractivity contribution is -0.121. The Kier molecular flexibility index (Phi) is 5.41. The zero-order chi connectivity index (χ0) is 20.5. The first-order valence-corrected chi connectivity index (χ1v) is 10.4. The van der Waals surface area contributed by atoms with Gasteiger partial charge in [-0.3, -0.25) is 9.59 Å². The monoisotopic (exact) mass is 455 g/mol. The van der Waals surface area contributed by atoms with Gasteiger partial charge < -0.3 is 14.6 Å². The number of aromatic nitrogens is 1. The average Bonchev–Trinajstić information content (AvgIpc) is 3.05. The number of anilines is 1. The van der Waals surface area contributed by atoms with E-state index in [-0.39, 0.29) is 17.7 Å². The normalized spacial score (nSPS) is 14.9. The molecule has 1 N–H and O–H groups in total. The summed E-state index contributed by atoms with van der Waals surface area (Å²) in [6.45, 7) is 4.91. The van der Waals surface area contributed by atoms with Gasteiger partial charge in [0, 0.05) is 40.6 Å². The Labute approximate surface area is 177 Å². The van der Waals surface area contributed by atoms with E-state index in [2.05, 4.69) is 26.2 Å². The van der Waals surface area contributed by atoms with Gasteiger partial charge >= 0.3 is 0 Å². The fourth-order valence-electron chi connectivity index (χ4n) is 3.66. The molecular formula is C22H22BrN3O3. The van der Waals surface area contributed by atoms with Crippen molar-refractivity contribution in [3.63, 3.8) is 0 Å². The van der Waals surface area contributed by atoms with Crippen molar-refractivity contribution in [3.05, 3.63) is 57.9 Å². The maximum Gasteiger partial charge on any atom is 0.289 e. The van der Waals surface area contributed by atoms with Gasteiger partial charge in [-0.2, -0.15) is 0 Å². The molecule has 4 rings (SSSR count). The Bertz CT molecular complexity index is 1070. The van der Waals surface area contributed by atoms with E-state index in [0.717, 1.165) is 21.0 Å². The molecule has 2 amide bonds. The predicted molar refractivity (Wildman–Crippen MR) is 115 cm³/mol. The molecule has 0 radical (unpaired) electrons. The third kappa shape index (κ3) is 4.05. The Hall–Kier alpha value is -2.67. The molecule has 29 heavy (non-hydrogen) atoms. The summed E-state index contributed by atoms with van der Waals surface area (Å²) in [5.41, 5.74) is 2.59. The number of nitrogens with zero attached hydrogens (tertiary/aromatic N) is 2. The van der Waals surface area contributed by atoms with Crippen LogP contribution in [0.5, 0.6) is 0 Å². The van der Waals surface area contributed by atoms with Crippen LogP contribution in [0.15, 0.2) is 45.4 Å². The maximum atomic E-state index is 13.0. The summed E-state index contributed by atoms with van der Waals surface area (Å²) >= 11 is 3.46. The van der Waals surface area contributed by atoms with Crippen LogP contribution in [0.3, 0.4) is 0 Å². The van der Waals surface area contributed by atoms with E-state index in [9.17, 15) is 9.59 Å². The van der Waals surface area contributed by atoms with Crippen LogP contribution in [0, 0.1) is 19.8 Å². The second-order valence-corrected chi connectivity index (χ2v) is 8.39. The minimum Gasteiger partial charge on any atom is -0.451 e. The molecule has 0 aliphatic carbocycles. The number of aryl methyl sites for hydroxylation is 2. The number of carbonyl (C=O) groups excluding carboxylic acids is 2. The number of halogens is 1. The van der Waals surface area contributed by atoms with Crippen molar-refractivity contribution in [3.8, 4) is 0 Å². The minimum absolute atomic E-state index is 0.0433. The van der Waals surface area contributed by atoms with Crippen LogP contribution in [-0.2, 0) is 4.79 Å². The van der Waals surface area contributed by atoms with Gasteiger partial charge in [-0.15, -0.1) is 0 Å². The number of furan rings is 1. The van der Waals surface area contributed by atoms with Gasteiger partial charge in [-0.05, 0) is 56.5 Å². The standard InChI is InChI=1S/C22H22BrN3O3/c1-13-3-6-19(24-12-13)25-21(27)15-7-9-26(10-8-15)22(28)20-14(2)17-11-16(23)4-5-18(17)29-20/h3-6,11-12,15H,7-10H2,1-2H3,(H,24,25,27). The first-order valence-electron chi connectivity index (χ1n) is 9.64. The van der Waals surface area contributed by atoms with Crippen molar-refractivity contribution in [2.24, 2.45) is 5.92 Å². The second kappa shape index (κ2) is 7.99. The van der Waals surface area contributed by atoms with E-state index < -0.39 is 0 Å². The molecule has 0 atom stereocenters. The molecular weight excluding hydrogens is 434 g/mol. The molecule has 150 valence electrons. The van der Waals surface area contributed by atoms with Gasteiger partial charge in [0.25, 0.3) is 5.91 Å². The maximum absolute atomic E-state index is 13.0. The van der Waals surface area contributed by atoms with E-state index in [1.807, 2.05) is 38.1 Å². The first-order chi connectivity index (χ1) is 13.9. The Balaban J connectivity index is 1.40. The number of nitrogens with one attached hydrogen (secondary N) is 1. The number of amides is 2. The molecule has 7 heteroatoms. The summed E-state index contributed by atoms with van der Waals surface area (Å²) in [4.78, 5) is 31.5. The van der Waals surface area contributed by atoms with Gasteiger partial charge in [0.05, 0.1) is 0 Å². The first kappa shape index (κ1) is 19.6. The van der Waals surface area contributed by atoms with Gasteiger partial charge in [-0.1, -0.05) is 22.0 Å². The van der Waals surface area contributed by atoms with E-state index in [0.29, 0.717) is 43.1 Å². The summed E-state index contributed by atoms with van der Waals surface area (Å²) < 4.78 is 6.78. The zero-order valence-corrected chi connectivity index (χ0v) is 18.0. The van der Waals surface area contributed by atoms with Crippen molar-refractivity contribution >= 4 is 44.5 Å². The highest BCUT2D eigenvalue weighted by atomic mass is 79.9. The quantitative estimate of drug-likeness (QED) is 0.620. The number of carbonyl (C=O) groups is 2. The topological polar surface area (TPSA) is 75.4 Å². The molecule has 1 fully saturated rings. The summed E-state index contributed by atoms with van der Waals surface area (Å²) in [6, 6.07) is 9.43. The van der Waals surface area contributed by atoms with Gasteiger partial charge in [0.1, 0.15) is 11.4 Å². The lowest BCUT2D eigenvalue weighted by Gasteiger charge is -2.30. The highest BCUT2D eigenvalue weighted by Gasteiger charge is 2.30. The lowest BCUT2D eigenvalue weighted by Crippen LogP contribution is -2.41. The Morgan fingerprint density at radius 2 is 1.93 bits per heavy atom.